The van der Waals surface area contributed by atoms with E-state index in [0.29, 0.717) is 11.8 Å². The third-order valence-electron chi connectivity index (χ3n) is 2.28. The second-order valence-electron chi connectivity index (χ2n) is 4.11. The molecule has 1 N–H and O–H groups in total. The van der Waals surface area contributed by atoms with E-state index in [1.54, 1.807) is 6.33 Å². The van der Waals surface area contributed by atoms with Crippen molar-refractivity contribution >= 4 is 17.7 Å². The number of hydrogen-bond acceptors (Lipinski definition) is 4. The fraction of sp³-hybridized carbons (Fsp3) is 0.727. The van der Waals surface area contributed by atoms with Crippen molar-refractivity contribution in [3.63, 3.8) is 0 Å². The van der Waals surface area contributed by atoms with Crippen LogP contribution in [0.2, 0.25) is 0 Å². The molecule has 0 aliphatic rings. The largest absolute Gasteiger partial charge is 0.355 e. The zero-order valence-corrected chi connectivity index (χ0v) is 11.5. The fourth-order valence-corrected chi connectivity index (χ4v) is 2.15. The molecule has 0 saturated carbocycles. The number of thioether (sulfide) groups is 1. The normalized spacial score (nSPS) is 10.8. The number of nitrogens with zero attached hydrogens (tertiary/aromatic N) is 3. The van der Waals surface area contributed by atoms with Crippen LogP contribution in [0.4, 0.5) is 0 Å². The van der Waals surface area contributed by atoms with Gasteiger partial charge in [-0.1, -0.05) is 25.1 Å². The molecule has 0 aliphatic heterocycles. The Kier molecular flexibility index (Phi) is 6.04. The molecule has 1 aromatic rings. The molecule has 1 aromatic heterocycles. The average Bonchev–Trinajstić information content (AvgIpc) is 2.75. The highest BCUT2D eigenvalue weighted by molar-refractivity contribution is 7.99. The summed E-state index contributed by atoms with van der Waals surface area (Å²) in [6.07, 6.45) is 3.82. The Hall–Kier alpha value is -1.04. The van der Waals surface area contributed by atoms with Crippen LogP contribution in [0.5, 0.6) is 0 Å². The lowest BCUT2D eigenvalue weighted by Crippen LogP contribution is -2.26. The minimum Gasteiger partial charge on any atom is -0.355 e. The SMILES string of the molecule is CCCCNC(=O)CSc1nncn1C(C)C. The second-order valence-corrected chi connectivity index (χ2v) is 5.05. The Bertz CT molecular complexity index is 351. The number of rotatable bonds is 7. The highest BCUT2D eigenvalue weighted by Crippen LogP contribution is 2.18. The van der Waals surface area contributed by atoms with Gasteiger partial charge in [0.15, 0.2) is 5.16 Å². The molecule has 17 heavy (non-hydrogen) atoms. The third-order valence-corrected chi connectivity index (χ3v) is 3.24. The number of hydrogen-bond donors (Lipinski definition) is 1. The van der Waals surface area contributed by atoms with Crippen molar-refractivity contribution in [2.45, 2.75) is 44.8 Å². The highest BCUT2D eigenvalue weighted by Gasteiger charge is 2.09. The number of unbranched alkanes of at least 4 members (excludes halogenated alkanes) is 1. The van der Waals surface area contributed by atoms with Crippen molar-refractivity contribution in [1.82, 2.24) is 20.1 Å². The summed E-state index contributed by atoms with van der Waals surface area (Å²) in [5, 5.41) is 11.5. The molecule has 5 nitrogen and oxygen atoms in total. The third kappa shape index (κ3) is 4.77. The van der Waals surface area contributed by atoms with Crippen LogP contribution in [0.1, 0.15) is 39.7 Å². The minimum atomic E-state index is 0.0572. The Morgan fingerprint density at radius 1 is 1.59 bits per heavy atom. The average molecular weight is 256 g/mol. The van der Waals surface area contributed by atoms with Crippen LogP contribution in [-0.4, -0.2) is 33.0 Å². The molecule has 0 aromatic carbocycles. The Morgan fingerprint density at radius 2 is 2.35 bits per heavy atom. The van der Waals surface area contributed by atoms with Gasteiger partial charge in [-0.05, 0) is 20.3 Å². The lowest BCUT2D eigenvalue weighted by atomic mass is 10.3. The van der Waals surface area contributed by atoms with E-state index in [1.165, 1.54) is 11.8 Å². The van der Waals surface area contributed by atoms with Crippen LogP contribution in [0.25, 0.3) is 0 Å². The minimum absolute atomic E-state index is 0.0572. The summed E-state index contributed by atoms with van der Waals surface area (Å²) in [6, 6.07) is 0.315. The summed E-state index contributed by atoms with van der Waals surface area (Å²) in [5.74, 6) is 0.455. The zero-order chi connectivity index (χ0) is 12.7. The molecule has 6 heteroatoms. The van der Waals surface area contributed by atoms with Gasteiger partial charge in [0.05, 0.1) is 5.75 Å². The molecule has 0 fully saturated rings. The van der Waals surface area contributed by atoms with E-state index in [0.717, 1.165) is 24.5 Å². The summed E-state index contributed by atoms with van der Waals surface area (Å²) in [7, 11) is 0. The van der Waals surface area contributed by atoms with E-state index in [4.69, 9.17) is 0 Å². The number of aromatic nitrogens is 3. The molecule has 1 heterocycles. The number of amides is 1. The first-order valence-electron chi connectivity index (χ1n) is 5.94. The maximum atomic E-state index is 11.5. The second kappa shape index (κ2) is 7.32. The van der Waals surface area contributed by atoms with Crippen LogP contribution >= 0.6 is 11.8 Å². The molecule has 0 unspecified atom stereocenters. The van der Waals surface area contributed by atoms with Crippen LogP contribution in [0, 0.1) is 0 Å². The lowest BCUT2D eigenvalue weighted by molar-refractivity contribution is -0.118. The van der Waals surface area contributed by atoms with Gasteiger partial charge in [-0.2, -0.15) is 0 Å². The Balaban J connectivity index is 2.34. The molecule has 0 bridgehead atoms. The number of carbonyl (C=O) groups is 1. The van der Waals surface area contributed by atoms with Crippen molar-refractivity contribution in [3.05, 3.63) is 6.33 Å². The molecule has 0 spiro atoms. The first kappa shape index (κ1) is 14.0. The van der Waals surface area contributed by atoms with Gasteiger partial charge in [0.25, 0.3) is 0 Å². The smallest absolute Gasteiger partial charge is 0.230 e. The van der Waals surface area contributed by atoms with E-state index in [9.17, 15) is 4.79 Å². The van der Waals surface area contributed by atoms with Crippen molar-refractivity contribution < 1.29 is 4.79 Å². The van der Waals surface area contributed by atoms with Gasteiger partial charge in [0.2, 0.25) is 5.91 Å². The highest BCUT2D eigenvalue weighted by atomic mass is 32.2. The predicted molar refractivity (Wildman–Crippen MR) is 69.0 cm³/mol. The van der Waals surface area contributed by atoms with Gasteiger partial charge < -0.3 is 9.88 Å². The quantitative estimate of drug-likeness (QED) is 0.597. The Morgan fingerprint density at radius 3 is 3.00 bits per heavy atom. The monoisotopic (exact) mass is 256 g/mol. The molecular weight excluding hydrogens is 236 g/mol. The topological polar surface area (TPSA) is 59.8 Å². The molecule has 0 atom stereocenters. The standard InChI is InChI=1S/C11H20N4OS/c1-4-5-6-12-10(16)7-17-11-14-13-8-15(11)9(2)3/h8-9H,4-7H2,1-3H3,(H,12,16). The predicted octanol–water partition coefficient (Wildman–Crippen LogP) is 1.87. The number of carbonyl (C=O) groups excluding carboxylic acids is 1. The molecule has 1 rings (SSSR count). The molecule has 0 saturated heterocycles. The lowest BCUT2D eigenvalue weighted by Gasteiger charge is -2.09. The Labute approximate surface area is 106 Å². The van der Waals surface area contributed by atoms with Gasteiger partial charge in [0, 0.05) is 12.6 Å². The maximum absolute atomic E-state index is 11.5. The maximum Gasteiger partial charge on any atom is 0.230 e. The van der Waals surface area contributed by atoms with E-state index in [2.05, 4.69) is 36.3 Å². The molecular formula is C11H20N4OS. The first-order valence-corrected chi connectivity index (χ1v) is 6.92. The van der Waals surface area contributed by atoms with Crippen LogP contribution in [0.3, 0.4) is 0 Å². The number of nitrogens with one attached hydrogen (secondary N) is 1. The van der Waals surface area contributed by atoms with Crippen LogP contribution in [-0.2, 0) is 4.79 Å². The molecule has 96 valence electrons. The van der Waals surface area contributed by atoms with Crippen molar-refractivity contribution in [2.75, 3.05) is 12.3 Å². The van der Waals surface area contributed by atoms with Gasteiger partial charge in [-0.3, -0.25) is 4.79 Å². The van der Waals surface area contributed by atoms with Crippen molar-refractivity contribution in [3.8, 4) is 0 Å². The first-order chi connectivity index (χ1) is 8.15. The van der Waals surface area contributed by atoms with Gasteiger partial charge in [-0.25, -0.2) is 0 Å². The van der Waals surface area contributed by atoms with Gasteiger partial charge >= 0.3 is 0 Å². The fourth-order valence-electron chi connectivity index (χ4n) is 1.28. The molecule has 0 radical (unpaired) electrons. The van der Waals surface area contributed by atoms with Crippen LogP contribution in [0.15, 0.2) is 11.5 Å². The van der Waals surface area contributed by atoms with Crippen molar-refractivity contribution in [1.29, 1.82) is 0 Å². The van der Waals surface area contributed by atoms with Gasteiger partial charge in [0.1, 0.15) is 6.33 Å². The van der Waals surface area contributed by atoms with E-state index in [-0.39, 0.29) is 5.91 Å². The summed E-state index contributed by atoms with van der Waals surface area (Å²) in [6.45, 7) is 6.99. The van der Waals surface area contributed by atoms with Gasteiger partial charge in [-0.15, -0.1) is 10.2 Å². The van der Waals surface area contributed by atoms with E-state index < -0.39 is 0 Å². The van der Waals surface area contributed by atoms with Crippen LogP contribution < -0.4 is 5.32 Å². The summed E-state index contributed by atoms with van der Waals surface area (Å²) in [5.41, 5.74) is 0. The summed E-state index contributed by atoms with van der Waals surface area (Å²) < 4.78 is 1.96. The van der Waals surface area contributed by atoms with Crippen molar-refractivity contribution in [2.24, 2.45) is 0 Å². The summed E-state index contributed by atoms with van der Waals surface area (Å²) >= 11 is 1.43. The summed E-state index contributed by atoms with van der Waals surface area (Å²) in [4.78, 5) is 11.5. The molecule has 0 aliphatic carbocycles. The molecule has 1 amide bonds. The van der Waals surface area contributed by atoms with E-state index in [1.807, 2.05) is 4.57 Å². The van der Waals surface area contributed by atoms with E-state index >= 15 is 0 Å². The zero-order valence-electron chi connectivity index (χ0n) is 10.6.